The lowest BCUT2D eigenvalue weighted by Crippen LogP contribution is -2.30. The SMILES string of the molecule is CC(Sc1cccc(NC(=O)/C(=C\c2ccc(N(C)C)cc2)NC(=O)c2ccccc2)c1)C(=O)Nc1ccccc1. The van der Waals surface area contributed by atoms with Gasteiger partial charge in [0, 0.05) is 41.6 Å². The smallest absolute Gasteiger partial charge is 0.272 e. The predicted octanol–water partition coefficient (Wildman–Crippen LogP) is 6.28. The number of thioether (sulfide) groups is 1. The third-order valence-electron chi connectivity index (χ3n) is 6.06. The largest absolute Gasteiger partial charge is 0.378 e. The number of hydrogen-bond donors (Lipinski definition) is 3. The van der Waals surface area contributed by atoms with Crippen LogP contribution in [-0.4, -0.2) is 37.1 Å². The fourth-order valence-electron chi connectivity index (χ4n) is 3.85. The lowest BCUT2D eigenvalue weighted by Gasteiger charge is -2.14. The van der Waals surface area contributed by atoms with Crippen LogP contribution in [0.25, 0.3) is 6.08 Å². The molecule has 0 saturated heterocycles. The number of carbonyl (C=O) groups excluding carboxylic acids is 3. The van der Waals surface area contributed by atoms with Crippen LogP contribution in [0.1, 0.15) is 22.8 Å². The molecule has 3 N–H and O–H groups in total. The van der Waals surface area contributed by atoms with Gasteiger partial charge in [0.25, 0.3) is 11.8 Å². The summed E-state index contributed by atoms with van der Waals surface area (Å²) in [5.74, 6) is -0.979. The Labute approximate surface area is 244 Å². The molecule has 0 aliphatic heterocycles. The van der Waals surface area contributed by atoms with Crippen molar-refractivity contribution in [2.24, 2.45) is 0 Å². The van der Waals surface area contributed by atoms with Crippen LogP contribution in [0.4, 0.5) is 17.1 Å². The van der Waals surface area contributed by atoms with Crippen molar-refractivity contribution in [3.63, 3.8) is 0 Å². The molecule has 4 aromatic carbocycles. The van der Waals surface area contributed by atoms with Gasteiger partial charge in [-0.25, -0.2) is 0 Å². The van der Waals surface area contributed by atoms with E-state index in [-0.39, 0.29) is 22.8 Å². The molecule has 41 heavy (non-hydrogen) atoms. The van der Waals surface area contributed by atoms with E-state index in [1.165, 1.54) is 11.8 Å². The van der Waals surface area contributed by atoms with Crippen molar-refractivity contribution in [1.29, 1.82) is 0 Å². The van der Waals surface area contributed by atoms with Crippen molar-refractivity contribution >= 4 is 52.6 Å². The van der Waals surface area contributed by atoms with Crippen LogP contribution >= 0.6 is 11.8 Å². The maximum atomic E-state index is 13.4. The van der Waals surface area contributed by atoms with Gasteiger partial charge in [-0.05, 0) is 73.2 Å². The molecular formula is C33H32N4O3S. The Morgan fingerprint density at radius 2 is 1.39 bits per heavy atom. The Kier molecular flexibility index (Phi) is 9.96. The molecule has 0 aliphatic carbocycles. The molecule has 0 radical (unpaired) electrons. The summed E-state index contributed by atoms with van der Waals surface area (Å²) in [5, 5.41) is 8.19. The third-order valence-corrected chi connectivity index (χ3v) is 7.16. The molecular weight excluding hydrogens is 532 g/mol. The van der Waals surface area contributed by atoms with Gasteiger partial charge in [-0.1, -0.05) is 54.6 Å². The number of anilines is 3. The van der Waals surface area contributed by atoms with E-state index in [0.717, 1.165) is 21.8 Å². The highest BCUT2D eigenvalue weighted by Crippen LogP contribution is 2.27. The van der Waals surface area contributed by atoms with Gasteiger partial charge in [-0.15, -0.1) is 11.8 Å². The molecule has 0 saturated carbocycles. The summed E-state index contributed by atoms with van der Waals surface area (Å²) in [6.07, 6.45) is 1.64. The average molecular weight is 565 g/mol. The highest BCUT2D eigenvalue weighted by molar-refractivity contribution is 8.00. The molecule has 208 valence electrons. The molecule has 0 bridgehead atoms. The van der Waals surface area contributed by atoms with Gasteiger partial charge in [0.15, 0.2) is 0 Å². The Balaban J connectivity index is 1.49. The molecule has 4 aromatic rings. The van der Waals surface area contributed by atoms with Gasteiger partial charge in [0.2, 0.25) is 5.91 Å². The quantitative estimate of drug-likeness (QED) is 0.156. The van der Waals surface area contributed by atoms with Gasteiger partial charge in [-0.2, -0.15) is 0 Å². The van der Waals surface area contributed by atoms with Crippen molar-refractivity contribution in [3.8, 4) is 0 Å². The minimum atomic E-state index is -0.469. The van der Waals surface area contributed by atoms with Crippen LogP contribution in [0, 0.1) is 0 Å². The number of hydrogen-bond acceptors (Lipinski definition) is 5. The average Bonchev–Trinajstić information content (AvgIpc) is 2.98. The molecule has 0 fully saturated rings. The molecule has 1 unspecified atom stereocenters. The Morgan fingerprint density at radius 3 is 2.05 bits per heavy atom. The first-order valence-corrected chi connectivity index (χ1v) is 14.0. The number of carbonyl (C=O) groups is 3. The van der Waals surface area contributed by atoms with Crippen LogP contribution < -0.4 is 20.9 Å². The molecule has 0 aromatic heterocycles. The number of rotatable bonds is 10. The second-order valence-electron chi connectivity index (χ2n) is 9.46. The summed E-state index contributed by atoms with van der Waals surface area (Å²) in [5.41, 5.74) is 3.59. The minimum Gasteiger partial charge on any atom is -0.378 e. The van der Waals surface area contributed by atoms with Crippen molar-refractivity contribution in [2.45, 2.75) is 17.1 Å². The van der Waals surface area contributed by atoms with E-state index in [4.69, 9.17) is 0 Å². The zero-order valence-corrected chi connectivity index (χ0v) is 23.9. The number of para-hydroxylation sites is 1. The van der Waals surface area contributed by atoms with Gasteiger partial charge in [-0.3, -0.25) is 14.4 Å². The van der Waals surface area contributed by atoms with Gasteiger partial charge in [0.05, 0.1) is 5.25 Å². The van der Waals surface area contributed by atoms with E-state index < -0.39 is 5.91 Å². The summed E-state index contributed by atoms with van der Waals surface area (Å²) < 4.78 is 0. The molecule has 0 heterocycles. The van der Waals surface area contributed by atoms with Gasteiger partial charge < -0.3 is 20.9 Å². The highest BCUT2D eigenvalue weighted by atomic mass is 32.2. The second kappa shape index (κ2) is 14.0. The molecule has 0 aliphatic rings. The lowest BCUT2D eigenvalue weighted by atomic mass is 10.1. The van der Waals surface area contributed by atoms with Gasteiger partial charge >= 0.3 is 0 Å². The van der Waals surface area contributed by atoms with Gasteiger partial charge in [0.1, 0.15) is 5.70 Å². The van der Waals surface area contributed by atoms with Crippen molar-refractivity contribution < 1.29 is 14.4 Å². The Bertz CT molecular complexity index is 1520. The summed E-state index contributed by atoms with van der Waals surface area (Å²) >= 11 is 1.38. The van der Waals surface area contributed by atoms with Crippen molar-refractivity contribution in [1.82, 2.24) is 5.32 Å². The van der Waals surface area contributed by atoms with Crippen LogP contribution in [0.5, 0.6) is 0 Å². The van der Waals surface area contributed by atoms with E-state index in [9.17, 15) is 14.4 Å². The van der Waals surface area contributed by atoms with E-state index >= 15 is 0 Å². The maximum Gasteiger partial charge on any atom is 0.272 e. The summed E-state index contributed by atoms with van der Waals surface area (Å²) in [6.45, 7) is 1.83. The molecule has 1 atom stereocenters. The summed E-state index contributed by atoms with van der Waals surface area (Å²) in [7, 11) is 3.90. The zero-order valence-electron chi connectivity index (χ0n) is 23.1. The first-order chi connectivity index (χ1) is 19.8. The van der Waals surface area contributed by atoms with E-state index in [0.29, 0.717) is 11.3 Å². The summed E-state index contributed by atoms with van der Waals surface area (Å²) in [4.78, 5) is 41.8. The first-order valence-electron chi connectivity index (χ1n) is 13.1. The maximum absolute atomic E-state index is 13.4. The van der Waals surface area contributed by atoms with E-state index in [2.05, 4.69) is 16.0 Å². The predicted molar refractivity (Wildman–Crippen MR) is 168 cm³/mol. The minimum absolute atomic E-state index is 0.102. The van der Waals surface area contributed by atoms with E-state index in [1.54, 1.807) is 42.5 Å². The Morgan fingerprint density at radius 1 is 0.756 bits per heavy atom. The standard InChI is InChI=1S/C33H32N4O3S/c1-23(31(38)34-26-13-8-5-9-14-26)41-29-16-10-15-27(22-29)35-33(40)30(36-32(39)25-11-6-4-7-12-25)21-24-17-19-28(20-18-24)37(2)3/h4-23H,1-3H3,(H,34,38)(H,35,40)(H,36,39)/b30-21+. The van der Waals surface area contributed by atoms with Crippen LogP contribution in [0.15, 0.2) is 120 Å². The lowest BCUT2D eigenvalue weighted by molar-refractivity contribution is -0.115. The monoisotopic (exact) mass is 564 g/mol. The van der Waals surface area contributed by atoms with Crippen LogP contribution in [0.2, 0.25) is 0 Å². The molecule has 4 rings (SSSR count). The number of benzene rings is 4. The number of nitrogens with zero attached hydrogens (tertiary/aromatic N) is 1. The molecule has 0 spiro atoms. The molecule has 3 amide bonds. The fraction of sp³-hybridized carbons (Fsp3) is 0.121. The molecule has 8 heteroatoms. The third kappa shape index (κ3) is 8.58. The van der Waals surface area contributed by atoms with Crippen LogP contribution in [0.3, 0.4) is 0 Å². The zero-order chi connectivity index (χ0) is 29.2. The Hall–Kier alpha value is -4.82. The van der Waals surface area contributed by atoms with Crippen molar-refractivity contribution in [3.05, 3.63) is 126 Å². The van der Waals surface area contributed by atoms with Crippen molar-refractivity contribution in [2.75, 3.05) is 29.6 Å². The number of nitrogens with one attached hydrogen (secondary N) is 3. The normalized spacial score (nSPS) is 11.7. The highest BCUT2D eigenvalue weighted by Gasteiger charge is 2.17. The second-order valence-corrected chi connectivity index (χ2v) is 10.9. The fourth-order valence-corrected chi connectivity index (χ4v) is 4.77. The molecule has 7 nitrogen and oxygen atoms in total. The van der Waals surface area contributed by atoms with E-state index in [1.807, 2.05) is 98.7 Å². The number of amides is 3. The first kappa shape index (κ1) is 29.2. The van der Waals surface area contributed by atoms with Crippen LogP contribution in [-0.2, 0) is 9.59 Å². The topological polar surface area (TPSA) is 90.5 Å². The summed E-state index contributed by atoms with van der Waals surface area (Å²) in [6, 6.07) is 32.9.